The Balaban J connectivity index is 1.58. The molecule has 1 heterocycles. The van der Waals surface area contributed by atoms with Crippen LogP contribution in [0.2, 0.25) is 0 Å². The van der Waals surface area contributed by atoms with Crippen LogP contribution < -0.4 is 10.6 Å². The minimum absolute atomic E-state index is 0.108. The lowest BCUT2D eigenvalue weighted by atomic mass is 10.0. The third-order valence-electron chi connectivity index (χ3n) is 5.26. The second-order valence-corrected chi connectivity index (χ2v) is 8.36. The number of hydrogen-bond acceptors (Lipinski definition) is 6. The topological polar surface area (TPSA) is 111 Å². The number of rotatable bonds is 10. The number of aryl methyl sites for hydroxylation is 1. The summed E-state index contributed by atoms with van der Waals surface area (Å²) in [5.74, 6) is -1.50. The van der Waals surface area contributed by atoms with Gasteiger partial charge in [-0.1, -0.05) is 30.7 Å². The number of allylic oxidation sites excluding steroid dienone is 1. The minimum atomic E-state index is -1.01. The van der Waals surface area contributed by atoms with Crippen LogP contribution in [0.15, 0.2) is 66.8 Å². The fraction of sp³-hybridized carbons (Fsp3) is 0.259. The predicted molar refractivity (Wildman–Crippen MR) is 137 cm³/mol. The maximum Gasteiger partial charge on any atom is 0.341 e. The second-order valence-electron chi connectivity index (χ2n) is 8.36. The van der Waals surface area contributed by atoms with Crippen LogP contribution >= 0.6 is 0 Å². The van der Waals surface area contributed by atoms with Gasteiger partial charge in [0.25, 0.3) is 5.91 Å². The summed E-state index contributed by atoms with van der Waals surface area (Å²) in [7, 11) is 1.95. The van der Waals surface area contributed by atoms with E-state index in [4.69, 9.17) is 9.47 Å². The third-order valence-corrected chi connectivity index (χ3v) is 5.26. The highest BCUT2D eigenvalue weighted by Gasteiger charge is 2.17. The van der Waals surface area contributed by atoms with Gasteiger partial charge in [-0.25, -0.2) is 9.37 Å². The molecular weight excluding hydrogens is 460 g/mol. The maximum absolute atomic E-state index is 12.8. The van der Waals surface area contributed by atoms with Crippen LogP contribution in [-0.2, 0) is 14.3 Å². The molecule has 2 atom stereocenters. The Labute approximate surface area is 210 Å². The number of carbonyl (C=O) groups is 3. The van der Waals surface area contributed by atoms with E-state index in [0.717, 1.165) is 11.3 Å². The van der Waals surface area contributed by atoms with Crippen LogP contribution in [0.5, 0.6) is 0 Å². The summed E-state index contributed by atoms with van der Waals surface area (Å²) in [5.41, 5.74) is 3.83. The van der Waals surface area contributed by atoms with Crippen molar-refractivity contribution in [3.63, 3.8) is 0 Å². The Kier molecular flexibility index (Phi) is 8.61. The molecule has 0 aromatic heterocycles. The van der Waals surface area contributed by atoms with E-state index >= 15 is 0 Å². The largest absolute Gasteiger partial charge is 0.683 e. The number of esters is 2. The van der Waals surface area contributed by atoms with Gasteiger partial charge in [0.05, 0.1) is 5.56 Å². The summed E-state index contributed by atoms with van der Waals surface area (Å²) in [6.45, 7) is 6.36. The van der Waals surface area contributed by atoms with Crippen molar-refractivity contribution in [2.24, 2.45) is 0 Å². The van der Waals surface area contributed by atoms with Crippen LogP contribution in [0, 0.1) is 6.92 Å². The van der Waals surface area contributed by atoms with Crippen molar-refractivity contribution >= 4 is 29.7 Å². The fourth-order valence-electron chi connectivity index (χ4n) is 3.48. The Bertz CT molecular complexity index is 1250. The molecule has 36 heavy (non-hydrogen) atoms. The zero-order valence-corrected chi connectivity index (χ0v) is 20.9. The SMILES string of the molecule is CC(=O)OC(C)OC(=O)c1ccc(C(=O)Nc2cccc(C(C)[N-]C=CNC3=C[N+](C)=C3)c2)cc1C. The van der Waals surface area contributed by atoms with Gasteiger partial charge in [-0.15, -0.1) is 0 Å². The highest BCUT2D eigenvalue weighted by Crippen LogP contribution is 2.25. The first-order chi connectivity index (χ1) is 17.1. The van der Waals surface area contributed by atoms with Gasteiger partial charge in [0, 0.05) is 25.1 Å². The smallest absolute Gasteiger partial charge is 0.341 e. The lowest BCUT2D eigenvalue weighted by molar-refractivity contribution is -0.429. The molecule has 2 N–H and O–H groups in total. The molecule has 1 aliphatic heterocycles. The number of carbonyl (C=O) groups excluding carboxylic acids is 3. The van der Waals surface area contributed by atoms with Gasteiger partial charge < -0.3 is 25.4 Å². The van der Waals surface area contributed by atoms with Crippen LogP contribution in [0.25, 0.3) is 5.32 Å². The minimum Gasteiger partial charge on any atom is -0.683 e. The van der Waals surface area contributed by atoms with Gasteiger partial charge in [0.2, 0.25) is 6.29 Å². The second kappa shape index (κ2) is 11.8. The number of hydrogen-bond donors (Lipinski definition) is 2. The molecule has 0 radical (unpaired) electrons. The monoisotopic (exact) mass is 490 g/mol. The van der Waals surface area contributed by atoms with Crippen LogP contribution in [0.4, 0.5) is 5.69 Å². The number of benzene rings is 2. The molecule has 0 bridgehead atoms. The molecule has 1 aliphatic rings. The molecule has 0 saturated carbocycles. The summed E-state index contributed by atoms with van der Waals surface area (Å²) in [6, 6.07) is 12.0. The molecule has 2 aromatic carbocycles. The van der Waals surface area contributed by atoms with Crippen LogP contribution in [0.3, 0.4) is 0 Å². The molecule has 0 saturated heterocycles. The molecular formula is C27H30N4O5. The number of nitrogens with one attached hydrogen (secondary N) is 2. The molecule has 0 fully saturated rings. The van der Waals surface area contributed by atoms with Gasteiger partial charge in [0.1, 0.15) is 7.05 Å². The van der Waals surface area contributed by atoms with Crippen molar-refractivity contribution in [1.82, 2.24) is 5.32 Å². The first-order valence-electron chi connectivity index (χ1n) is 11.4. The molecule has 9 nitrogen and oxygen atoms in total. The van der Waals surface area contributed by atoms with Crippen LogP contribution in [-0.4, -0.2) is 42.0 Å². The van der Waals surface area contributed by atoms with Gasteiger partial charge in [0.15, 0.2) is 18.1 Å². The van der Waals surface area contributed by atoms with Gasteiger partial charge >= 0.3 is 11.9 Å². The Morgan fingerprint density at radius 2 is 1.83 bits per heavy atom. The zero-order valence-electron chi connectivity index (χ0n) is 20.9. The Hall–Kier alpha value is -4.40. The molecule has 0 spiro atoms. The molecule has 9 heteroatoms. The van der Waals surface area contributed by atoms with Crippen molar-refractivity contribution in [2.45, 2.75) is 40.0 Å². The van der Waals surface area contributed by atoms with Crippen molar-refractivity contribution in [3.8, 4) is 0 Å². The van der Waals surface area contributed by atoms with E-state index < -0.39 is 18.2 Å². The molecule has 2 aromatic rings. The van der Waals surface area contributed by atoms with Gasteiger partial charge in [-0.2, -0.15) is 6.20 Å². The Morgan fingerprint density at radius 1 is 1.08 bits per heavy atom. The van der Waals surface area contributed by atoms with E-state index in [1.165, 1.54) is 19.9 Å². The molecule has 2 unspecified atom stereocenters. The average Bonchev–Trinajstić information content (AvgIpc) is 2.79. The lowest BCUT2D eigenvalue weighted by Crippen LogP contribution is -2.21. The lowest BCUT2D eigenvalue weighted by Gasteiger charge is -2.26. The number of anilines is 1. The quantitative estimate of drug-likeness (QED) is 0.291. The molecule has 1 amide bonds. The predicted octanol–water partition coefficient (Wildman–Crippen LogP) is 4.38. The van der Waals surface area contributed by atoms with Crippen molar-refractivity contribution < 1.29 is 28.4 Å². The molecule has 3 rings (SSSR count). The normalized spacial score (nSPS) is 14.0. The van der Waals surface area contributed by atoms with E-state index in [-0.39, 0.29) is 17.5 Å². The first-order valence-corrected chi connectivity index (χ1v) is 11.4. The van der Waals surface area contributed by atoms with E-state index in [2.05, 4.69) is 16.0 Å². The summed E-state index contributed by atoms with van der Waals surface area (Å²) in [6.07, 6.45) is 6.41. The summed E-state index contributed by atoms with van der Waals surface area (Å²) < 4.78 is 11.9. The van der Waals surface area contributed by atoms with E-state index in [0.29, 0.717) is 16.8 Å². The Morgan fingerprint density at radius 3 is 2.50 bits per heavy atom. The number of nitrogens with zero attached hydrogens (tertiary/aromatic N) is 2. The van der Waals surface area contributed by atoms with E-state index in [1.54, 1.807) is 37.5 Å². The van der Waals surface area contributed by atoms with Crippen LogP contribution in [0.1, 0.15) is 58.7 Å². The summed E-state index contributed by atoms with van der Waals surface area (Å²) >= 11 is 0. The van der Waals surface area contributed by atoms with Crippen molar-refractivity contribution in [1.29, 1.82) is 0 Å². The number of ether oxygens (including phenoxy) is 2. The summed E-state index contributed by atoms with van der Waals surface area (Å²) in [5, 5.41) is 10.5. The van der Waals surface area contributed by atoms with E-state index in [9.17, 15) is 14.4 Å². The van der Waals surface area contributed by atoms with E-state index in [1.807, 2.05) is 49.2 Å². The van der Waals surface area contributed by atoms with Gasteiger partial charge in [-0.3, -0.25) is 9.59 Å². The molecule has 0 aliphatic carbocycles. The van der Waals surface area contributed by atoms with Crippen molar-refractivity contribution in [2.75, 3.05) is 12.4 Å². The first kappa shape index (κ1) is 26.2. The third kappa shape index (κ3) is 7.30. The molecule has 188 valence electrons. The maximum atomic E-state index is 12.8. The number of amides is 1. The highest BCUT2D eigenvalue weighted by molar-refractivity contribution is 6.05. The zero-order chi connectivity index (χ0) is 26.2. The average molecular weight is 491 g/mol. The van der Waals surface area contributed by atoms with Gasteiger partial charge in [-0.05, 0) is 49.0 Å². The highest BCUT2D eigenvalue weighted by atomic mass is 16.7. The summed E-state index contributed by atoms with van der Waals surface area (Å²) in [4.78, 5) is 36.2. The fourth-order valence-corrected chi connectivity index (χ4v) is 3.48. The standard InChI is InChI=1S/C27H30N4O5/c1-17-13-22(9-10-25(17)27(34)36-20(4)35-19(3)32)26(33)30-23-8-6-7-21(14-23)18(2)28-11-12-29-24-15-31(5)16-24/h6-16,18,20H,1-5H3,(H2-,28,29,30,33,34). The van der Waals surface area contributed by atoms with Crippen molar-refractivity contribution in [3.05, 3.63) is 94.3 Å².